The van der Waals surface area contributed by atoms with Crippen LogP contribution in [0.5, 0.6) is 0 Å². The molecule has 6 heteroatoms. The third kappa shape index (κ3) is 2.91. The molecule has 28 heavy (non-hydrogen) atoms. The standard InChI is InChI=1S/C22H17N5O/c1-2-7-17(8-3-1)21-22(26(16-24-21)15-18-11-13-25-28-18)19-9-6-14-27(19)20-10-4-5-12-23-20/h1-14,16H,15H2. The lowest BCUT2D eigenvalue weighted by Gasteiger charge is -2.13. The van der Waals surface area contributed by atoms with E-state index in [9.17, 15) is 0 Å². The minimum Gasteiger partial charge on any atom is -0.359 e. The van der Waals surface area contributed by atoms with E-state index in [1.165, 1.54) is 0 Å². The SMILES string of the molecule is c1ccc(-c2ncn(Cc3ccno3)c2-c2cccn2-c2ccccn2)cc1. The maximum absolute atomic E-state index is 5.32. The summed E-state index contributed by atoms with van der Waals surface area (Å²) in [6.45, 7) is 0.544. The van der Waals surface area contributed by atoms with Crippen molar-refractivity contribution in [3.63, 3.8) is 0 Å². The van der Waals surface area contributed by atoms with Crippen LogP contribution in [0.1, 0.15) is 5.76 Å². The molecule has 6 nitrogen and oxygen atoms in total. The van der Waals surface area contributed by atoms with Gasteiger partial charge in [-0.15, -0.1) is 0 Å². The summed E-state index contributed by atoms with van der Waals surface area (Å²) in [6.07, 6.45) is 7.30. The average Bonchev–Trinajstić information content (AvgIpc) is 3.50. The number of benzene rings is 1. The Balaban J connectivity index is 1.70. The second-order valence-electron chi connectivity index (χ2n) is 6.37. The molecule has 0 aliphatic heterocycles. The Morgan fingerprint density at radius 2 is 1.71 bits per heavy atom. The van der Waals surface area contributed by atoms with E-state index in [0.717, 1.165) is 34.2 Å². The fourth-order valence-electron chi connectivity index (χ4n) is 3.34. The minimum atomic E-state index is 0.544. The van der Waals surface area contributed by atoms with Crippen molar-refractivity contribution in [3.05, 3.63) is 97.4 Å². The third-order valence-electron chi connectivity index (χ3n) is 4.59. The zero-order valence-electron chi connectivity index (χ0n) is 15.0. The molecule has 0 unspecified atom stereocenters. The third-order valence-corrected chi connectivity index (χ3v) is 4.59. The van der Waals surface area contributed by atoms with Crippen LogP contribution in [0.25, 0.3) is 28.5 Å². The number of imidazole rings is 1. The zero-order valence-corrected chi connectivity index (χ0v) is 15.0. The van der Waals surface area contributed by atoms with Gasteiger partial charge in [-0.1, -0.05) is 41.6 Å². The van der Waals surface area contributed by atoms with Crippen molar-refractivity contribution in [3.8, 4) is 28.5 Å². The maximum Gasteiger partial charge on any atom is 0.156 e. The number of nitrogens with zero attached hydrogens (tertiary/aromatic N) is 5. The van der Waals surface area contributed by atoms with Gasteiger partial charge in [-0.2, -0.15) is 0 Å². The molecule has 0 amide bonds. The van der Waals surface area contributed by atoms with Gasteiger partial charge in [0.2, 0.25) is 0 Å². The van der Waals surface area contributed by atoms with E-state index < -0.39 is 0 Å². The van der Waals surface area contributed by atoms with Crippen molar-refractivity contribution in [1.29, 1.82) is 0 Å². The smallest absolute Gasteiger partial charge is 0.156 e. The van der Waals surface area contributed by atoms with Gasteiger partial charge in [0.15, 0.2) is 5.76 Å². The topological polar surface area (TPSA) is 61.7 Å². The first-order valence-electron chi connectivity index (χ1n) is 8.99. The van der Waals surface area contributed by atoms with Crippen molar-refractivity contribution < 1.29 is 4.52 Å². The summed E-state index contributed by atoms with van der Waals surface area (Å²) in [6, 6.07) is 22.0. The van der Waals surface area contributed by atoms with Gasteiger partial charge in [0.25, 0.3) is 0 Å². The van der Waals surface area contributed by atoms with Crippen LogP contribution >= 0.6 is 0 Å². The van der Waals surface area contributed by atoms with Crippen molar-refractivity contribution in [2.24, 2.45) is 0 Å². The molecule has 4 aromatic heterocycles. The summed E-state index contributed by atoms with van der Waals surface area (Å²) in [5.74, 6) is 1.63. The van der Waals surface area contributed by atoms with Crippen molar-refractivity contribution in [2.45, 2.75) is 6.54 Å². The highest BCUT2D eigenvalue weighted by Crippen LogP contribution is 2.33. The minimum absolute atomic E-state index is 0.544. The Morgan fingerprint density at radius 1 is 0.821 bits per heavy atom. The molecule has 0 saturated carbocycles. The molecule has 0 aliphatic carbocycles. The summed E-state index contributed by atoms with van der Waals surface area (Å²) >= 11 is 0. The molecule has 5 aromatic rings. The first-order valence-corrected chi connectivity index (χ1v) is 8.99. The predicted octanol–water partition coefficient (Wildman–Crippen LogP) is 4.44. The Bertz CT molecular complexity index is 1170. The zero-order chi connectivity index (χ0) is 18.8. The van der Waals surface area contributed by atoms with E-state index >= 15 is 0 Å². The summed E-state index contributed by atoms with van der Waals surface area (Å²) in [5, 5.41) is 3.82. The molecule has 0 atom stereocenters. The van der Waals surface area contributed by atoms with Gasteiger partial charge < -0.3 is 9.09 Å². The summed E-state index contributed by atoms with van der Waals surface area (Å²) < 4.78 is 9.47. The second-order valence-corrected chi connectivity index (χ2v) is 6.37. The highest BCUT2D eigenvalue weighted by atomic mass is 16.5. The second kappa shape index (κ2) is 7.00. The van der Waals surface area contributed by atoms with Crippen LogP contribution in [0.4, 0.5) is 0 Å². The van der Waals surface area contributed by atoms with Crippen LogP contribution in [0, 0.1) is 0 Å². The molecule has 136 valence electrons. The van der Waals surface area contributed by atoms with Gasteiger partial charge in [-0.3, -0.25) is 4.57 Å². The maximum atomic E-state index is 5.32. The molecule has 0 N–H and O–H groups in total. The Labute approximate surface area is 161 Å². The van der Waals surface area contributed by atoms with Gasteiger partial charge in [0, 0.05) is 24.0 Å². The van der Waals surface area contributed by atoms with Crippen LogP contribution in [-0.2, 0) is 6.54 Å². The van der Waals surface area contributed by atoms with Crippen molar-refractivity contribution >= 4 is 0 Å². The lowest BCUT2D eigenvalue weighted by molar-refractivity contribution is 0.376. The number of pyridine rings is 1. The Morgan fingerprint density at radius 3 is 2.50 bits per heavy atom. The lowest BCUT2D eigenvalue weighted by Crippen LogP contribution is -2.04. The van der Waals surface area contributed by atoms with Gasteiger partial charge in [-0.25, -0.2) is 9.97 Å². The van der Waals surface area contributed by atoms with Crippen LogP contribution in [0.3, 0.4) is 0 Å². The molecule has 5 rings (SSSR count). The highest BCUT2D eigenvalue weighted by Gasteiger charge is 2.19. The summed E-state index contributed by atoms with van der Waals surface area (Å²) in [5.41, 5.74) is 3.98. The molecule has 1 aromatic carbocycles. The largest absolute Gasteiger partial charge is 0.359 e. The lowest BCUT2D eigenvalue weighted by atomic mass is 10.1. The van der Waals surface area contributed by atoms with E-state index in [1.54, 1.807) is 12.4 Å². The Kier molecular flexibility index (Phi) is 4.06. The molecule has 4 heterocycles. The van der Waals surface area contributed by atoms with Gasteiger partial charge in [0.1, 0.15) is 5.82 Å². The normalized spacial score (nSPS) is 11.0. The predicted molar refractivity (Wildman–Crippen MR) is 106 cm³/mol. The molecule has 0 fully saturated rings. The number of hydrogen-bond acceptors (Lipinski definition) is 4. The molecular weight excluding hydrogens is 350 g/mol. The molecule has 0 saturated heterocycles. The van der Waals surface area contributed by atoms with Crippen molar-refractivity contribution in [2.75, 3.05) is 0 Å². The van der Waals surface area contributed by atoms with Crippen LogP contribution in [0.2, 0.25) is 0 Å². The summed E-state index contributed by atoms with van der Waals surface area (Å²) in [4.78, 5) is 9.23. The number of hydrogen-bond donors (Lipinski definition) is 0. The van der Waals surface area contributed by atoms with Gasteiger partial charge in [-0.05, 0) is 24.3 Å². The van der Waals surface area contributed by atoms with Crippen molar-refractivity contribution in [1.82, 2.24) is 24.3 Å². The van der Waals surface area contributed by atoms with E-state index in [0.29, 0.717) is 6.54 Å². The summed E-state index contributed by atoms with van der Waals surface area (Å²) in [7, 11) is 0. The number of aromatic nitrogens is 5. The van der Waals surface area contributed by atoms with Gasteiger partial charge in [0.05, 0.1) is 36.2 Å². The molecule has 0 radical (unpaired) electrons. The van der Waals surface area contributed by atoms with E-state index in [1.807, 2.05) is 61.1 Å². The molecule has 0 bridgehead atoms. The first-order chi connectivity index (χ1) is 13.9. The quantitative estimate of drug-likeness (QED) is 0.461. The number of rotatable bonds is 5. The first kappa shape index (κ1) is 16.3. The molecule has 0 spiro atoms. The van der Waals surface area contributed by atoms with E-state index in [4.69, 9.17) is 9.51 Å². The fraction of sp³-hybridized carbons (Fsp3) is 0.0455. The van der Waals surface area contributed by atoms with E-state index in [-0.39, 0.29) is 0 Å². The molecular formula is C22H17N5O. The highest BCUT2D eigenvalue weighted by molar-refractivity contribution is 5.78. The Hall–Kier alpha value is -3.93. The van der Waals surface area contributed by atoms with Crippen LogP contribution < -0.4 is 0 Å². The van der Waals surface area contributed by atoms with Crippen LogP contribution in [0.15, 0.2) is 96.2 Å². The average molecular weight is 367 g/mol. The van der Waals surface area contributed by atoms with Gasteiger partial charge >= 0.3 is 0 Å². The fourth-order valence-corrected chi connectivity index (χ4v) is 3.34. The monoisotopic (exact) mass is 367 g/mol. The van der Waals surface area contributed by atoms with E-state index in [2.05, 4.69) is 37.5 Å². The molecule has 0 aliphatic rings. The van der Waals surface area contributed by atoms with Crippen LogP contribution in [-0.4, -0.2) is 24.3 Å².